The van der Waals surface area contributed by atoms with Crippen molar-refractivity contribution in [2.45, 2.75) is 0 Å². The summed E-state index contributed by atoms with van der Waals surface area (Å²) in [4.78, 5) is 34.7. The zero-order valence-corrected chi connectivity index (χ0v) is 14.3. The second kappa shape index (κ2) is 9.27. The molecular weight excluding hydrogens is 362 g/mol. The van der Waals surface area contributed by atoms with Crippen molar-refractivity contribution >= 4 is 23.5 Å². The van der Waals surface area contributed by atoms with Crippen molar-refractivity contribution in [1.29, 1.82) is 0 Å². The van der Waals surface area contributed by atoms with Gasteiger partial charge >= 0.3 is 5.97 Å². The molecule has 9 heteroatoms. The molecule has 2 aromatic rings. The second-order valence-electron chi connectivity index (χ2n) is 5.28. The molecule has 2 N–H and O–H groups in total. The van der Waals surface area contributed by atoms with E-state index in [2.05, 4.69) is 15.4 Å². The number of nitrogens with one attached hydrogen (secondary N) is 2. The molecule has 0 aliphatic heterocycles. The maximum Gasteiger partial charge on any atom is 0.343 e. The summed E-state index contributed by atoms with van der Waals surface area (Å²) in [6, 6.07) is 8.51. The van der Waals surface area contributed by atoms with E-state index < -0.39 is 36.0 Å². The molecule has 0 aliphatic carbocycles. The van der Waals surface area contributed by atoms with Crippen LogP contribution in [0.25, 0.3) is 0 Å². The third kappa shape index (κ3) is 6.38. The predicted molar refractivity (Wildman–Crippen MR) is 91.3 cm³/mol. The summed E-state index contributed by atoms with van der Waals surface area (Å²) in [5, 5.41) is 4.79. The largest absolute Gasteiger partial charge is 0.482 e. The number of benzene rings is 2. The lowest BCUT2D eigenvalue weighted by molar-refractivity contribution is -0.142. The molecule has 142 valence electrons. The van der Waals surface area contributed by atoms with Crippen molar-refractivity contribution in [1.82, 2.24) is 5.32 Å². The van der Waals surface area contributed by atoms with Gasteiger partial charge in [-0.3, -0.25) is 9.59 Å². The van der Waals surface area contributed by atoms with E-state index in [-0.39, 0.29) is 12.2 Å². The van der Waals surface area contributed by atoms with Gasteiger partial charge in [0.15, 0.2) is 6.61 Å². The van der Waals surface area contributed by atoms with Gasteiger partial charge in [-0.05, 0) is 36.4 Å². The Labute approximate surface area is 153 Å². The van der Waals surface area contributed by atoms with Gasteiger partial charge in [0.25, 0.3) is 5.91 Å². The van der Waals surface area contributed by atoms with Crippen molar-refractivity contribution in [2.75, 3.05) is 25.6 Å². The molecule has 0 fully saturated rings. The second-order valence-corrected chi connectivity index (χ2v) is 5.28. The van der Waals surface area contributed by atoms with E-state index in [1.54, 1.807) is 0 Å². The van der Waals surface area contributed by atoms with E-state index >= 15 is 0 Å². The number of anilines is 1. The van der Waals surface area contributed by atoms with Gasteiger partial charge in [-0.1, -0.05) is 0 Å². The molecule has 0 aliphatic rings. The molecule has 0 bridgehead atoms. The van der Waals surface area contributed by atoms with E-state index in [0.29, 0.717) is 17.5 Å². The SMILES string of the molecule is COC(=O)COc1ccc(NC(=O)CNC(=O)c2cc(F)cc(F)c2)cc1. The van der Waals surface area contributed by atoms with Gasteiger partial charge in [0, 0.05) is 17.3 Å². The average Bonchev–Trinajstić information content (AvgIpc) is 2.64. The van der Waals surface area contributed by atoms with Crippen molar-refractivity contribution < 1.29 is 32.6 Å². The van der Waals surface area contributed by atoms with E-state index in [1.807, 2.05) is 0 Å². The molecule has 2 amide bonds. The van der Waals surface area contributed by atoms with Crippen LogP contribution in [-0.2, 0) is 14.3 Å². The monoisotopic (exact) mass is 378 g/mol. The zero-order chi connectivity index (χ0) is 19.8. The normalized spacial score (nSPS) is 10.0. The van der Waals surface area contributed by atoms with Gasteiger partial charge in [0.05, 0.1) is 13.7 Å². The third-order valence-corrected chi connectivity index (χ3v) is 3.26. The van der Waals surface area contributed by atoms with Crippen molar-refractivity contribution in [3.05, 3.63) is 59.7 Å². The van der Waals surface area contributed by atoms with Crippen LogP contribution in [0.3, 0.4) is 0 Å². The van der Waals surface area contributed by atoms with Crippen LogP contribution >= 0.6 is 0 Å². The Kier molecular flexibility index (Phi) is 6.81. The molecule has 2 rings (SSSR count). The quantitative estimate of drug-likeness (QED) is 0.718. The third-order valence-electron chi connectivity index (χ3n) is 3.26. The number of hydrogen-bond acceptors (Lipinski definition) is 5. The van der Waals surface area contributed by atoms with Gasteiger partial charge in [0.2, 0.25) is 5.91 Å². The minimum Gasteiger partial charge on any atom is -0.482 e. The number of esters is 1. The maximum atomic E-state index is 13.1. The van der Waals surface area contributed by atoms with Crippen LogP contribution in [0.15, 0.2) is 42.5 Å². The van der Waals surface area contributed by atoms with Crippen LogP contribution < -0.4 is 15.4 Å². The minimum atomic E-state index is -0.890. The Balaban J connectivity index is 1.83. The predicted octanol–water partition coefficient (Wildman–Crippen LogP) is 1.89. The van der Waals surface area contributed by atoms with E-state index in [4.69, 9.17) is 4.74 Å². The summed E-state index contributed by atoms with van der Waals surface area (Å²) in [6.07, 6.45) is 0. The Hall–Kier alpha value is -3.49. The van der Waals surface area contributed by atoms with Gasteiger partial charge in [-0.15, -0.1) is 0 Å². The average molecular weight is 378 g/mol. The molecule has 0 saturated heterocycles. The molecule has 7 nitrogen and oxygen atoms in total. The maximum absolute atomic E-state index is 13.1. The van der Waals surface area contributed by atoms with Crippen LogP contribution in [0.5, 0.6) is 5.75 Å². The number of methoxy groups -OCH3 is 1. The number of rotatable bonds is 7. The Bertz CT molecular complexity index is 820. The standard InChI is InChI=1S/C18H16F2N2O5/c1-26-17(24)10-27-15-4-2-14(3-5-15)22-16(23)9-21-18(25)11-6-12(19)8-13(20)7-11/h2-8H,9-10H2,1H3,(H,21,25)(H,22,23). The first-order chi connectivity index (χ1) is 12.9. The first-order valence-electron chi connectivity index (χ1n) is 7.71. The highest BCUT2D eigenvalue weighted by molar-refractivity contribution is 5.99. The van der Waals surface area contributed by atoms with Crippen molar-refractivity contribution in [3.8, 4) is 5.75 Å². The molecule has 2 aromatic carbocycles. The van der Waals surface area contributed by atoms with Gasteiger partial charge in [0.1, 0.15) is 17.4 Å². The molecule has 0 heterocycles. The van der Waals surface area contributed by atoms with Gasteiger partial charge < -0.3 is 20.1 Å². The number of hydrogen-bond donors (Lipinski definition) is 2. The first kappa shape index (κ1) is 19.8. The Morgan fingerprint density at radius 1 is 1.00 bits per heavy atom. The highest BCUT2D eigenvalue weighted by Gasteiger charge is 2.11. The van der Waals surface area contributed by atoms with E-state index in [0.717, 1.165) is 12.1 Å². The molecule has 27 heavy (non-hydrogen) atoms. The number of halogens is 2. The lowest BCUT2D eigenvalue weighted by atomic mass is 10.2. The van der Waals surface area contributed by atoms with E-state index in [9.17, 15) is 23.2 Å². The fourth-order valence-electron chi connectivity index (χ4n) is 1.99. The number of ether oxygens (including phenoxy) is 2. The summed E-state index contributed by atoms with van der Waals surface area (Å²) in [5.74, 6) is -3.22. The van der Waals surface area contributed by atoms with Crippen LogP contribution in [0.2, 0.25) is 0 Å². The molecule has 0 unspecified atom stereocenters. The fourth-order valence-corrected chi connectivity index (χ4v) is 1.99. The van der Waals surface area contributed by atoms with Crippen LogP contribution in [0.4, 0.5) is 14.5 Å². The van der Waals surface area contributed by atoms with Gasteiger partial charge in [-0.2, -0.15) is 0 Å². The molecule has 0 aromatic heterocycles. The number of carbonyl (C=O) groups is 3. The highest BCUT2D eigenvalue weighted by atomic mass is 19.1. The first-order valence-corrected chi connectivity index (χ1v) is 7.71. The molecule has 0 saturated carbocycles. The highest BCUT2D eigenvalue weighted by Crippen LogP contribution is 2.15. The summed E-state index contributed by atoms with van der Waals surface area (Å²) < 4.78 is 35.8. The summed E-state index contributed by atoms with van der Waals surface area (Å²) in [6.45, 7) is -0.632. The lowest BCUT2D eigenvalue weighted by Crippen LogP contribution is -2.32. The Morgan fingerprint density at radius 2 is 1.63 bits per heavy atom. The van der Waals surface area contributed by atoms with Crippen LogP contribution in [-0.4, -0.2) is 38.0 Å². The van der Waals surface area contributed by atoms with Crippen LogP contribution in [0, 0.1) is 11.6 Å². The van der Waals surface area contributed by atoms with E-state index in [1.165, 1.54) is 31.4 Å². The topological polar surface area (TPSA) is 93.7 Å². The summed E-state index contributed by atoms with van der Waals surface area (Å²) in [5.41, 5.74) is 0.198. The smallest absolute Gasteiger partial charge is 0.343 e. The number of amides is 2. The van der Waals surface area contributed by atoms with Gasteiger partial charge in [-0.25, -0.2) is 13.6 Å². The molecular formula is C18H16F2N2O5. The summed E-state index contributed by atoms with van der Waals surface area (Å²) in [7, 11) is 1.24. The lowest BCUT2D eigenvalue weighted by Gasteiger charge is -2.09. The minimum absolute atomic E-state index is 0.229. The molecule has 0 spiro atoms. The number of carbonyl (C=O) groups excluding carboxylic acids is 3. The Morgan fingerprint density at radius 3 is 2.22 bits per heavy atom. The molecule has 0 atom stereocenters. The fraction of sp³-hybridized carbons (Fsp3) is 0.167. The van der Waals surface area contributed by atoms with Crippen LogP contribution in [0.1, 0.15) is 10.4 Å². The zero-order valence-electron chi connectivity index (χ0n) is 14.3. The van der Waals surface area contributed by atoms with Crippen molar-refractivity contribution in [2.24, 2.45) is 0 Å². The molecule has 0 radical (unpaired) electrons. The van der Waals surface area contributed by atoms with Crippen molar-refractivity contribution in [3.63, 3.8) is 0 Å². The summed E-state index contributed by atoms with van der Waals surface area (Å²) >= 11 is 0.